The zero-order valence-corrected chi connectivity index (χ0v) is 23.9. The Kier molecular flexibility index (Phi) is 10.1. The molecule has 214 valence electrons. The third-order valence-corrected chi connectivity index (χ3v) is 6.74. The first-order valence-corrected chi connectivity index (χ1v) is 13.5. The molecular formula is C29H39N7O4. The average molecular weight is 550 g/mol. The molecule has 0 atom stereocenters. The summed E-state index contributed by atoms with van der Waals surface area (Å²) in [7, 11) is 9.34. The van der Waals surface area contributed by atoms with E-state index < -0.39 is 0 Å². The number of amides is 2. The van der Waals surface area contributed by atoms with Crippen molar-refractivity contribution in [2.24, 2.45) is 0 Å². The Bertz CT molecular complexity index is 1320. The van der Waals surface area contributed by atoms with Gasteiger partial charge in [-0.05, 0) is 77.8 Å². The molecule has 2 N–H and O–H groups in total. The number of nitrogens with zero attached hydrogens (tertiary/aromatic N) is 5. The van der Waals surface area contributed by atoms with Gasteiger partial charge in [-0.2, -0.15) is 0 Å². The minimum absolute atomic E-state index is 0.110. The fraction of sp³-hybridized carbons (Fsp3) is 0.448. The van der Waals surface area contributed by atoms with Crippen LogP contribution >= 0.6 is 0 Å². The van der Waals surface area contributed by atoms with E-state index in [1.165, 1.54) is 0 Å². The molecular weight excluding hydrogens is 510 g/mol. The van der Waals surface area contributed by atoms with Crippen LogP contribution in [0.2, 0.25) is 0 Å². The number of hydrogen-bond donors (Lipinski definition) is 2. The number of piperidine rings is 1. The van der Waals surface area contributed by atoms with E-state index in [1.807, 2.05) is 38.4 Å². The predicted molar refractivity (Wildman–Crippen MR) is 157 cm³/mol. The maximum atomic E-state index is 13.1. The van der Waals surface area contributed by atoms with Crippen molar-refractivity contribution in [2.75, 3.05) is 66.9 Å². The van der Waals surface area contributed by atoms with Crippen LogP contribution in [-0.4, -0.2) is 98.4 Å². The Hall–Kier alpha value is -3.96. The van der Waals surface area contributed by atoms with Crippen molar-refractivity contribution in [3.05, 3.63) is 42.0 Å². The molecule has 3 heterocycles. The highest BCUT2D eigenvalue weighted by atomic mass is 16.5. The van der Waals surface area contributed by atoms with Crippen molar-refractivity contribution in [1.82, 2.24) is 30.1 Å². The number of anilines is 1. The van der Waals surface area contributed by atoms with Gasteiger partial charge in [-0.25, -0.2) is 14.8 Å². The Morgan fingerprint density at radius 2 is 1.88 bits per heavy atom. The third-order valence-electron chi connectivity index (χ3n) is 6.74. The van der Waals surface area contributed by atoms with E-state index in [-0.39, 0.29) is 12.1 Å². The number of pyridine rings is 1. The van der Waals surface area contributed by atoms with Crippen LogP contribution in [0.15, 0.2) is 30.6 Å². The summed E-state index contributed by atoms with van der Waals surface area (Å²) in [6, 6.07) is 5.29. The predicted octanol–water partition coefficient (Wildman–Crippen LogP) is 3.76. The van der Waals surface area contributed by atoms with Crippen LogP contribution in [0, 0.1) is 0 Å². The van der Waals surface area contributed by atoms with E-state index in [0.29, 0.717) is 46.4 Å². The average Bonchev–Trinajstić information content (AvgIpc) is 2.95. The molecule has 0 radical (unpaired) electrons. The summed E-state index contributed by atoms with van der Waals surface area (Å²) in [5.74, 6) is 2.57. The molecule has 3 aromatic rings. The number of aromatic nitrogens is 3. The highest BCUT2D eigenvalue weighted by molar-refractivity contribution is 6.00. The molecule has 0 spiro atoms. The minimum atomic E-state index is -0.301. The maximum absolute atomic E-state index is 13.1. The monoisotopic (exact) mass is 549 g/mol. The normalized spacial score (nSPS) is 14.6. The number of fused-ring (bicyclic) bond motifs is 1. The number of methoxy groups -OCH3 is 2. The van der Waals surface area contributed by atoms with Gasteiger partial charge in [0.2, 0.25) is 0 Å². The van der Waals surface area contributed by atoms with E-state index in [4.69, 9.17) is 24.2 Å². The van der Waals surface area contributed by atoms with Crippen molar-refractivity contribution in [1.29, 1.82) is 0 Å². The number of benzene rings is 1. The Balaban J connectivity index is 1.65. The van der Waals surface area contributed by atoms with E-state index in [1.54, 1.807) is 32.7 Å². The number of nitrogens with one attached hydrogen (secondary N) is 2. The fourth-order valence-corrected chi connectivity index (χ4v) is 4.50. The molecule has 2 amide bonds. The first kappa shape index (κ1) is 29.0. The van der Waals surface area contributed by atoms with Gasteiger partial charge < -0.3 is 29.3 Å². The van der Waals surface area contributed by atoms with Crippen LogP contribution in [0.5, 0.6) is 17.2 Å². The Morgan fingerprint density at radius 3 is 2.60 bits per heavy atom. The highest BCUT2D eigenvalue weighted by Gasteiger charge is 2.20. The van der Waals surface area contributed by atoms with Gasteiger partial charge in [-0.1, -0.05) is 0 Å². The van der Waals surface area contributed by atoms with Crippen LogP contribution in [0.4, 0.5) is 10.6 Å². The molecule has 11 nitrogen and oxygen atoms in total. The van der Waals surface area contributed by atoms with Gasteiger partial charge >= 0.3 is 6.03 Å². The van der Waals surface area contributed by atoms with Crippen molar-refractivity contribution in [3.8, 4) is 17.2 Å². The molecule has 0 unspecified atom stereocenters. The smallest absolute Gasteiger partial charge is 0.320 e. The summed E-state index contributed by atoms with van der Waals surface area (Å²) in [4.78, 5) is 31.0. The second-order valence-corrected chi connectivity index (χ2v) is 10.1. The van der Waals surface area contributed by atoms with Crippen molar-refractivity contribution >= 4 is 34.9 Å². The summed E-state index contributed by atoms with van der Waals surface area (Å²) < 4.78 is 17.1. The number of urea groups is 1. The highest BCUT2D eigenvalue weighted by Crippen LogP contribution is 2.35. The van der Waals surface area contributed by atoms with Crippen LogP contribution in [0.3, 0.4) is 0 Å². The van der Waals surface area contributed by atoms with E-state index >= 15 is 0 Å². The molecule has 4 rings (SSSR count). The first-order valence-electron chi connectivity index (χ1n) is 13.5. The summed E-state index contributed by atoms with van der Waals surface area (Å²) in [6.07, 6.45) is 9.62. The quantitative estimate of drug-likeness (QED) is 0.345. The number of hydrogen-bond acceptors (Lipinski definition) is 9. The van der Waals surface area contributed by atoms with Crippen LogP contribution in [0.25, 0.3) is 23.1 Å². The second-order valence-electron chi connectivity index (χ2n) is 10.1. The summed E-state index contributed by atoms with van der Waals surface area (Å²) in [5, 5.41) is 6.71. The molecule has 1 aliphatic rings. The SMILES string of the molecule is COc1cnccc1/C=C/c1nc(NC(=O)NC2CCN(C)CC2)c2cc(OCCCN(C)C)c(OC)cc2n1. The van der Waals surface area contributed by atoms with E-state index in [2.05, 4.69) is 32.5 Å². The number of likely N-dealkylation sites (tertiary alicyclic amines) is 1. The molecule has 1 saturated heterocycles. The summed E-state index contributed by atoms with van der Waals surface area (Å²) >= 11 is 0. The van der Waals surface area contributed by atoms with Gasteiger partial charge in [-0.15, -0.1) is 0 Å². The molecule has 0 bridgehead atoms. The van der Waals surface area contributed by atoms with Crippen LogP contribution < -0.4 is 24.8 Å². The van der Waals surface area contributed by atoms with Crippen molar-refractivity contribution < 1.29 is 19.0 Å². The first-order chi connectivity index (χ1) is 19.4. The standard InChI is InChI=1S/C29H39N7O4/c1-35(2)13-6-16-40-25-17-22-23(18-24(25)38-4)32-27(8-7-20-9-12-30-19-26(20)39-5)33-28(22)34-29(37)31-21-10-14-36(3)15-11-21/h7-9,12,17-19,21H,6,10-11,13-16H2,1-5H3,(H2,31,32,33,34,37)/b8-7+. The number of carbonyl (C=O) groups excluding carboxylic acids is 1. The lowest BCUT2D eigenvalue weighted by atomic mass is 10.1. The molecule has 2 aromatic heterocycles. The largest absolute Gasteiger partial charge is 0.495 e. The van der Waals surface area contributed by atoms with Gasteiger partial charge in [0.15, 0.2) is 17.3 Å². The molecule has 0 aliphatic carbocycles. The summed E-state index contributed by atoms with van der Waals surface area (Å²) in [5.41, 5.74) is 1.44. The molecule has 11 heteroatoms. The van der Waals surface area contributed by atoms with Gasteiger partial charge in [0, 0.05) is 35.8 Å². The van der Waals surface area contributed by atoms with Crippen LogP contribution in [0.1, 0.15) is 30.7 Å². The minimum Gasteiger partial charge on any atom is -0.495 e. The van der Waals surface area contributed by atoms with Gasteiger partial charge in [0.25, 0.3) is 0 Å². The van der Waals surface area contributed by atoms with Gasteiger partial charge in [-0.3, -0.25) is 10.3 Å². The zero-order valence-electron chi connectivity index (χ0n) is 23.9. The lowest BCUT2D eigenvalue weighted by molar-refractivity contribution is 0.221. The lowest BCUT2D eigenvalue weighted by Gasteiger charge is -2.29. The topological polar surface area (TPSA) is 114 Å². The zero-order chi connectivity index (χ0) is 28.5. The van der Waals surface area contributed by atoms with E-state index in [0.717, 1.165) is 44.5 Å². The Morgan fingerprint density at radius 1 is 1.10 bits per heavy atom. The summed E-state index contributed by atoms with van der Waals surface area (Å²) in [6.45, 7) is 3.32. The van der Waals surface area contributed by atoms with Crippen molar-refractivity contribution in [2.45, 2.75) is 25.3 Å². The van der Waals surface area contributed by atoms with Gasteiger partial charge in [0.1, 0.15) is 11.6 Å². The number of carbonyl (C=O) groups is 1. The van der Waals surface area contributed by atoms with E-state index in [9.17, 15) is 4.79 Å². The lowest BCUT2D eigenvalue weighted by Crippen LogP contribution is -2.45. The van der Waals surface area contributed by atoms with Gasteiger partial charge in [0.05, 0.1) is 32.5 Å². The maximum Gasteiger partial charge on any atom is 0.320 e. The van der Waals surface area contributed by atoms with Crippen LogP contribution in [-0.2, 0) is 0 Å². The third kappa shape index (κ3) is 7.80. The molecule has 0 saturated carbocycles. The van der Waals surface area contributed by atoms with Crippen molar-refractivity contribution in [3.63, 3.8) is 0 Å². The Labute approximate surface area is 235 Å². The molecule has 1 aliphatic heterocycles. The number of rotatable bonds is 11. The fourth-order valence-electron chi connectivity index (χ4n) is 4.50. The molecule has 1 aromatic carbocycles. The second kappa shape index (κ2) is 13.9. The number of ether oxygens (including phenoxy) is 3. The molecule has 1 fully saturated rings. The molecule has 40 heavy (non-hydrogen) atoms.